The van der Waals surface area contributed by atoms with Gasteiger partial charge in [0.05, 0.1) is 6.21 Å². The van der Waals surface area contributed by atoms with E-state index in [4.69, 9.17) is 11.0 Å². The molecule has 4 heteroatoms. The van der Waals surface area contributed by atoms with Crippen molar-refractivity contribution in [1.29, 1.82) is 5.26 Å². The minimum Gasteiger partial charge on any atom is -0.398 e. The van der Waals surface area contributed by atoms with Crippen molar-refractivity contribution in [2.75, 3.05) is 0 Å². The van der Waals surface area contributed by atoms with Crippen molar-refractivity contribution < 1.29 is 4.39 Å². The maximum atomic E-state index is 13.2. The fourth-order valence-corrected chi connectivity index (χ4v) is 0.821. The van der Waals surface area contributed by atoms with Crippen molar-refractivity contribution in [2.45, 2.75) is 26.4 Å². The Kier molecular flexibility index (Phi) is 5.23. The van der Waals surface area contributed by atoms with Crippen molar-refractivity contribution in [2.24, 2.45) is 10.7 Å². The summed E-state index contributed by atoms with van der Waals surface area (Å²) in [4.78, 5) is 3.74. The van der Waals surface area contributed by atoms with E-state index in [9.17, 15) is 4.39 Å². The number of alkyl halides is 1. The number of nitrogens with zero attached hydrogens (tertiary/aromatic N) is 2. The Morgan fingerprint density at radius 1 is 1.79 bits per heavy atom. The number of halogens is 1. The zero-order chi connectivity index (χ0) is 11.1. The largest absolute Gasteiger partial charge is 0.398 e. The molecule has 0 aromatic heterocycles. The van der Waals surface area contributed by atoms with Crippen molar-refractivity contribution in [3.05, 3.63) is 23.5 Å². The van der Waals surface area contributed by atoms with E-state index in [1.54, 1.807) is 13.8 Å². The van der Waals surface area contributed by atoms with Gasteiger partial charge in [-0.3, -0.25) is 0 Å². The maximum Gasteiger partial charge on any atom is 0.142 e. The maximum absolute atomic E-state index is 13.2. The zero-order valence-corrected chi connectivity index (χ0v) is 8.42. The van der Waals surface area contributed by atoms with E-state index in [2.05, 4.69) is 11.6 Å². The molecule has 0 aliphatic rings. The average molecular weight is 195 g/mol. The minimum atomic E-state index is -1.13. The smallest absolute Gasteiger partial charge is 0.142 e. The van der Waals surface area contributed by atoms with Crippen LogP contribution in [0.2, 0.25) is 0 Å². The molecule has 14 heavy (non-hydrogen) atoms. The lowest BCUT2D eigenvalue weighted by Crippen LogP contribution is -2.02. The predicted molar refractivity (Wildman–Crippen MR) is 55.3 cm³/mol. The van der Waals surface area contributed by atoms with Gasteiger partial charge in [0.25, 0.3) is 0 Å². The van der Waals surface area contributed by atoms with Gasteiger partial charge in [0.1, 0.15) is 17.9 Å². The van der Waals surface area contributed by atoms with E-state index in [0.717, 1.165) is 0 Å². The molecule has 0 amide bonds. The number of allylic oxidation sites excluding steroid dienone is 3. The highest BCUT2D eigenvalue weighted by Gasteiger charge is 2.10. The van der Waals surface area contributed by atoms with E-state index in [-0.39, 0.29) is 11.4 Å². The van der Waals surface area contributed by atoms with Gasteiger partial charge in [-0.15, -0.1) is 0 Å². The summed E-state index contributed by atoms with van der Waals surface area (Å²) in [6, 6.07) is 1.82. The summed E-state index contributed by atoms with van der Waals surface area (Å²) in [5, 5.41) is 8.69. The molecule has 0 aliphatic carbocycles. The fourth-order valence-electron chi connectivity index (χ4n) is 0.821. The summed E-state index contributed by atoms with van der Waals surface area (Å²) >= 11 is 0. The Morgan fingerprint density at radius 3 is 2.71 bits per heavy atom. The van der Waals surface area contributed by atoms with Crippen molar-refractivity contribution in [1.82, 2.24) is 0 Å². The van der Waals surface area contributed by atoms with Gasteiger partial charge in [0.15, 0.2) is 0 Å². The molecule has 0 aromatic rings. The lowest BCUT2D eigenvalue weighted by atomic mass is 10.1. The van der Waals surface area contributed by atoms with E-state index in [1.807, 2.05) is 6.07 Å². The summed E-state index contributed by atoms with van der Waals surface area (Å²) in [6.45, 7) is 6.64. The molecule has 0 saturated carbocycles. The van der Waals surface area contributed by atoms with Gasteiger partial charge in [0.2, 0.25) is 0 Å². The van der Waals surface area contributed by atoms with E-state index in [1.165, 1.54) is 6.21 Å². The molecule has 0 aromatic carbocycles. The Hall–Kier alpha value is -1.63. The van der Waals surface area contributed by atoms with Gasteiger partial charge >= 0.3 is 0 Å². The predicted octanol–water partition coefficient (Wildman–Crippen LogP) is 2.08. The number of hydrogen-bond donors (Lipinski definition) is 1. The quantitative estimate of drug-likeness (QED) is 0.551. The van der Waals surface area contributed by atoms with Crippen LogP contribution in [0.15, 0.2) is 28.5 Å². The van der Waals surface area contributed by atoms with Gasteiger partial charge in [-0.1, -0.05) is 13.5 Å². The summed E-state index contributed by atoms with van der Waals surface area (Å²) in [5.74, 6) is 0. The first-order valence-electron chi connectivity index (χ1n) is 4.26. The van der Waals surface area contributed by atoms with Crippen molar-refractivity contribution in [3.8, 4) is 6.07 Å². The molecule has 0 aliphatic heterocycles. The third-order valence-corrected chi connectivity index (χ3v) is 1.67. The SMILES string of the molecule is C=C(N)C=N/C(C#N)=C(\C)C(F)CC. The minimum absolute atomic E-state index is 0.0611. The molecular weight excluding hydrogens is 181 g/mol. The summed E-state index contributed by atoms with van der Waals surface area (Å²) in [6.07, 6.45) is 0.438. The van der Waals surface area contributed by atoms with Gasteiger partial charge in [-0.25, -0.2) is 9.38 Å². The molecule has 0 saturated heterocycles. The Balaban J connectivity index is 4.88. The van der Waals surface area contributed by atoms with Crippen LogP contribution >= 0.6 is 0 Å². The standard InChI is InChI=1S/C10H14FN3/c1-4-9(11)8(3)10(5-12)14-6-7(2)13/h6,9H,2,4,13H2,1,3H3/b10-8+,14-6?. The third-order valence-electron chi connectivity index (χ3n) is 1.67. The number of aliphatic imine (C=N–C) groups is 1. The highest BCUT2D eigenvalue weighted by molar-refractivity contribution is 5.77. The van der Waals surface area contributed by atoms with Crippen LogP contribution in [0, 0.1) is 11.3 Å². The normalized spacial score (nSPS) is 14.7. The summed E-state index contributed by atoms with van der Waals surface area (Å²) in [5.41, 5.74) is 5.86. The second-order valence-electron chi connectivity index (χ2n) is 2.85. The van der Waals surface area contributed by atoms with Crippen LogP contribution in [0.1, 0.15) is 20.3 Å². The first kappa shape index (κ1) is 12.4. The summed E-state index contributed by atoms with van der Waals surface area (Å²) in [7, 11) is 0. The topological polar surface area (TPSA) is 62.2 Å². The van der Waals surface area contributed by atoms with Crippen LogP contribution < -0.4 is 5.73 Å². The van der Waals surface area contributed by atoms with E-state index in [0.29, 0.717) is 12.0 Å². The lowest BCUT2D eigenvalue weighted by Gasteiger charge is -2.05. The molecule has 3 nitrogen and oxygen atoms in total. The van der Waals surface area contributed by atoms with Crippen molar-refractivity contribution in [3.63, 3.8) is 0 Å². The zero-order valence-electron chi connectivity index (χ0n) is 8.42. The first-order valence-corrected chi connectivity index (χ1v) is 4.26. The van der Waals surface area contributed by atoms with Crippen LogP contribution in [0.4, 0.5) is 4.39 Å². The average Bonchev–Trinajstić information content (AvgIpc) is 2.16. The molecule has 1 unspecified atom stereocenters. The second kappa shape index (κ2) is 5.92. The highest BCUT2D eigenvalue weighted by atomic mass is 19.1. The number of nitrogens with two attached hydrogens (primary N) is 1. The molecule has 0 heterocycles. The monoisotopic (exact) mass is 195 g/mol. The molecule has 1 atom stereocenters. The molecule has 0 radical (unpaired) electrons. The number of rotatable bonds is 4. The highest BCUT2D eigenvalue weighted by Crippen LogP contribution is 2.15. The van der Waals surface area contributed by atoms with Gasteiger partial charge in [0, 0.05) is 5.70 Å². The molecular formula is C10H14FN3. The molecule has 0 rings (SSSR count). The Morgan fingerprint density at radius 2 is 2.36 bits per heavy atom. The Labute approximate surface area is 83.4 Å². The molecule has 76 valence electrons. The Bertz CT molecular complexity index is 310. The molecule has 0 spiro atoms. The molecule has 2 N–H and O–H groups in total. The third kappa shape index (κ3) is 3.85. The fraction of sp³-hybridized carbons (Fsp3) is 0.400. The lowest BCUT2D eigenvalue weighted by molar-refractivity contribution is 0.370. The van der Waals surface area contributed by atoms with Gasteiger partial charge < -0.3 is 5.73 Å². The van der Waals surface area contributed by atoms with E-state index < -0.39 is 6.17 Å². The van der Waals surface area contributed by atoms with Crippen LogP contribution in [-0.4, -0.2) is 12.4 Å². The molecule has 0 bridgehead atoms. The number of hydrogen-bond acceptors (Lipinski definition) is 3. The van der Waals surface area contributed by atoms with Crippen molar-refractivity contribution >= 4 is 6.21 Å². The van der Waals surface area contributed by atoms with E-state index >= 15 is 0 Å². The number of nitriles is 1. The van der Waals surface area contributed by atoms with Crippen LogP contribution in [-0.2, 0) is 0 Å². The van der Waals surface area contributed by atoms with Crippen LogP contribution in [0.3, 0.4) is 0 Å². The van der Waals surface area contributed by atoms with Crippen LogP contribution in [0.5, 0.6) is 0 Å². The first-order chi connectivity index (χ1) is 6.52. The van der Waals surface area contributed by atoms with Crippen LogP contribution in [0.25, 0.3) is 0 Å². The van der Waals surface area contributed by atoms with Gasteiger partial charge in [-0.2, -0.15) is 5.26 Å². The van der Waals surface area contributed by atoms with Gasteiger partial charge in [-0.05, 0) is 18.9 Å². The summed E-state index contributed by atoms with van der Waals surface area (Å²) < 4.78 is 13.2. The molecule has 0 fully saturated rings. The second-order valence-corrected chi connectivity index (χ2v) is 2.85.